The fourth-order valence-electron chi connectivity index (χ4n) is 1.21. The predicted octanol–water partition coefficient (Wildman–Crippen LogP) is 2.19. The van der Waals surface area contributed by atoms with Crippen molar-refractivity contribution in [2.24, 2.45) is 5.16 Å². The Kier molecular flexibility index (Phi) is 2.66. The molecule has 0 fully saturated rings. The number of hydrogen-bond acceptors (Lipinski definition) is 3. The molecule has 1 aromatic heterocycles. The third-order valence-electron chi connectivity index (χ3n) is 1.83. The number of oxime groups is 1. The summed E-state index contributed by atoms with van der Waals surface area (Å²) in [5.41, 5.74) is 1.82. The van der Waals surface area contributed by atoms with E-state index in [4.69, 9.17) is 5.21 Å². The molecule has 0 aromatic carbocycles. The average Bonchev–Trinajstić information content (AvgIpc) is 2.04. The molecule has 70 valence electrons. The molecule has 0 radical (unpaired) electrons. The molecule has 0 aliphatic carbocycles. The molecule has 1 aromatic rings. The largest absolute Gasteiger partial charge is 0.411 e. The van der Waals surface area contributed by atoms with Crippen LogP contribution in [-0.4, -0.2) is 16.4 Å². The smallest absolute Gasteiger partial charge is 0.0921 e. The minimum Gasteiger partial charge on any atom is -0.411 e. The number of rotatable bonds is 1. The van der Waals surface area contributed by atoms with Gasteiger partial charge in [-0.25, -0.2) is 0 Å². The van der Waals surface area contributed by atoms with E-state index in [-0.39, 0.29) is 5.41 Å². The molecule has 1 heterocycles. The van der Waals surface area contributed by atoms with Gasteiger partial charge in [-0.3, -0.25) is 4.98 Å². The van der Waals surface area contributed by atoms with Crippen LogP contribution >= 0.6 is 0 Å². The first-order chi connectivity index (χ1) is 6.05. The van der Waals surface area contributed by atoms with Gasteiger partial charge < -0.3 is 5.21 Å². The molecule has 0 aliphatic heterocycles. The number of nitrogens with zero attached hydrogens (tertiary/aromatic N) is 2. The van der Waals surface area contributed by atoms with Gasteiger partial charge >= 0.3 is 0 Å². The van der Waals surface area contributed by atoms with Crippen LogP contribution in [0, 0.1) is 0 Å². The molecule has 0 bridgehead atoms. The Labute approximate surface area is 78.1 Å². The van der Waals surface area contributed by atoms with E-state index >= 15 is 0 Å². The van der Waals surface area contributed by atoms with Crippen molar-refractivity contribution >= 4 is 6.21 Å². The SMILES string of the molecule is CC(C)(C)c1cccnc1C=NO. The summed E-state index contributed by atoms with van der Waals surface area (Å²) in [7, 11) is 0. The second kappa shape index (κ2) is 3.56. The predicted molar refractivity (Wildman–Crippen MR) is 52.3 cm³/mol. The first-order valence-electron chi connectivity index (χ1n) is 4.18. The first kappa shape index (κ1) is 9.71. The van der Waals surface area contributed by atoms with Crippen LogP contribution in [0.2, 0.25) is 0 Å². The molecule has 0 saturated carbocycles. The highest BCUT2D eigenvalue weighted by Crippen LogP contribution is 2.23. The lowest BCUT2D eigenvalue weighted by molar-refractivity contribution is 0.321. The molecule has 13 heavy (non-hydrogen) atoms. The van der Waals surface area contributed by atoms with Gasteiger partial charge in [0.15, 0.2) is 0 Å². The summed E-state index contributed by atoms with van der Waals surface area (Å²) < 4.78 is 0. The van der Waals surface area contributed by atoms with Crippen LogP contribution in [0.15, 0.2) is 23.5 Å². The summed E-state index contributed by atoms with van der Waals surface area (Å²) in [4.78, 5) is 4.13. The Morgan fingerprint density at radius 1 is 1.46 bits per heavy atom. The van der Waals surface area contributed by atoms with Crippen LogP contribution in [0.5, 0.6) is 0 Å². The Balaban J connectivity index is 3.20. The van der Waals surface area contributed by atoms with Crippen molar-refractivity contribution in [1.82, 2.24) is 4.98 Å². The van der Waals surface area contributed by atoms with E-state index in [0.717, 1.165) is 11.3 Å². The van der Waals surface area contributed by atoms with Crippen molar-refractivity contribution in [2.45, 2.75) is 26.2 Å². The van der Waals surface area contributed by atoms with Gasteiger partial charge in [-0.1, -0.05) is 32.0 Å². The van der Waals surface area contributed by atoms with Crippen LogP contribution in [-0.2, 0) is 5.41 Å². The summed E-state index contributed by atoms with van der Waals surface area (Å²) in [6.45, 7) is 6.29. The summed E-state index contributed by atoms with van der Waals surface area (Å²) in [5.74, 6) is 0. The molecule has 0 aliphatic rings. The van der Waals surface area contributed by atoms with Crippen molar-refractivity contribution in [1.29, 1.82) is 0 Å². The lowest BCUT2D eigenvalue weighted by atomic mass is 9.86. The maximum Gasteiger partial charge on any atom is 0.0921 e. The molecule has 1 rings (SSSR count). The summed E-state index contributed by atoms with van der Waals surface area (Å²) in [5, 5.41) is 11.4. The monoisotopic (exact) mass is 178 g/mol. The number of aromatic nitrogens is 1. The maximum absolute atomic E-state index is 8.44. The Hall–Kier alpha value is -1.38. The minimum absolute atomic E-state index is 0.0186. The normalized spacial score (nSPS) is 12.2. The molecule has 3 heteroatoms. The highest BCUT2D eigenvalue weighted by Gasteiger charge is 2.17. The van der Waals surface area contributed by atoms with E-state index in [1.165, 1.54) is 6.21 Å². The van der Waals surface area contributed by atoms with E-state index in [1.807, 2.05) is 12.1 Å². The maximum atomic E-state index is 8.44. The highest BCUT2D eigenvalue weighted by atomic mass is 16.4. The Morgan fingerprint density at radius 3 is 2.69 bits per heavy atom. The first-order valence-corrected chi connectivity index (χ1v) is 4.18. The molecule has 0 unspecified atom stereocenters. The molecular weight excluding hydrogens is 164 g/mol. The van der Waals surface area contributed by atoms with Crippen molar-refractivity contribution in [3.05, 3.63) is 29.6 Å². The molecule has 1 N–H and O–H groups in total. The number of hydrogen-bond donors (Lipinski definition) is 1. The zero-order valence-corrected chi connectivity index (χ0v) is 8.15. The molecule has 0 saturated heterocycles. The van der Waals surface area contributed by atoms with Gasteiger partial charge in [-0.2, -0.15) is 0 Å². The zero-order chi connectivity index (χ0) is 9.90. The fourth-order valence-corrected chi connectivity index (χ4v) is 1.21. The van der Waals surface area contributed by atoms with Crippen LogP contribution in [0.3, 0.4) is 0 Å². The van der Waals surface area contributed by atoms with Crippen molar-refractivity contribution in [3.8, 4) is 0 Å². The van der Waals surface area contributed by atoms with Crippen LogP contribution < -0.4 is 0 Å². The third-order valence-corrected chi connectivity index (χ3v) is 1.83. The summed E-state index contributed by atoms with van der Waals surface area (Å²) in [6.07, 6.45) is 3.05. The van der Waals surface area contributed by atoms with Crippen molar-refractivity contribution in [2.75, 3.05) is 0 Å². The second-order valence-corrected chi connectivity index (χ2v) is 3.93. The van der Waals surface area contributed by atoms with Crippen molar-refractivity contribution in [3.63, 3.8) is 0 Å². The molecule has 0 amide bonds. The van der Waals surface area contributed by atoms with Crippen molar-refractivity contribution < 1.29 is 5.21 Å². The van der Waals surface area contributed by atoms with Gasteiger partial charge in [0.05, 0.1) is 11.9 Å². The van der Waals surface area contributed by atoms with E-state index in [2.05, 4.69) is 30.9 Å². The molecule has 0 spiro atoms. The Morgan fingerprint density at radius 2 is 2.15 bits per heavy atom. The van der Waals surface area contributed by atoms with Gasteiger partial charge in [-0.15, -0.1) is 0 Å². The van der Waals surface area contributed by atoms with E-state index in [1.54, 1.807) is 6.20 Å². The third kappa shape index (κ3) is 2.28. The summed E-state index contributed by atoms with van der Waals surface area (Å²) >= 11 is 0. The van der Waals surface area contributed by atoms with Gasteiger partial charge in [0.25, 0.3) is 0 Å². The van der Waals surface area contributed by atoms with E-state index in [0.29, 0.717) is 0 Å². The zero-order valence-electron chi connectivity index (χ0n) is 8.15. The summed E-state index contributed by atoms with van der Waals surface area (Å²) in [6, 6.07) is 3.87. The minimum atomic E-state index is 0.0186. The van der Waals surface area contributed by atoms with Crippen LogP contribution in [0.4, 0.5) is 0 Å². The van der Waals surface area contributed by atoms with Gasteiger partial charge in [0, 0.05) is 6.20 Å². The lowest BCUT2D eigenvalue weighted by Gasteiger charge is -2.20. The highest BCUT2D eigenvalue weighted by molar-refractivity contribution is 5.79. The molecule has 0 atom stereocenters. The number of pyridine rings is 1. The van der Waals surface area contributed by atoms with Crippen LogP contribution in [0.1, 0.15) is 32.0 Å². The standard InChI is InChI=1S/C10H14N2O/c1-10(2,3)8-5-4-6-11-9(8)7-12-13/h4-7,13H,1-3H3. The van der Waals surface area contributed by atoms with Gasteiger partial charge in [0.2, 0.25) is 0 Å². The van der Waals surface area contributed by atoms with Crippen LogP contribution in [0.25, 0.3) is 0 Å². The van der Waals surface area contributed by atoms with E-state index < -0.39 is 0 Å². The topological polar surface area (TPSA) is 45.5 Å². The van der Waals surface area contributed by atoms with Gasteiger partial charge in [-0.05, 0) is 17.0 Å². The lowest BCUT2D eigenvalue weighted by Crippen LogP contribution is -2.14. The Bertz CT molecular complexity index is 313. The quantitative estimate of drug-likeness (QED) is 0.407. The van der Waals surface area contributed by atoms with Gasteiger partial charge in [0.1, 0.15) is 0 Å². The molecule has 3 nitrogen and oxygen atoms in total. The van der Waals surface area contributed by atoms with E-state index in [9.17, 15) is 0 Å². The molecular formula is C10H14N2O. The second-order valence-electron chi connectivity index (χ2n) is 3.93. The fraction of sp³-hybridized carbons (Fsp3) is 0.400. The average molecular weight is 178 g/mol.